The largest absolute Gasteiger partial charge is 0.534 e. The summed E-state index contributed by atoms with van der Waals surface area (Å²) in [5, 5.41) is -0.669. The van der Waals surface area contributed by atoms with Gasteiger partial charge >= 0.3 is 31.3 Å². The normalized spacial score (nSPS) is 14.2. The van der Waals surface area contributed by atoms with Gasteiger partial charge in [-0.1, -0.05) is 42.3 Å². The standard InChI is InChI=1S/C16H10Cl2F6O6S2/c1-8(9-2-5-14(13(18)6-9)30-32(27,28)16(22,23)24)11-4-3-10(7-12(11)17)29-31(25,26)15(19,20)21/h2-8H,1H3. The molecule has 1 unspecified atom stereocenters. The lowest BCUT2D eigenvalue weighted by molar-refractivity contribution is -0.0504. The second-order valence-electron chi connectivity index (χ2n) is 6.06. The number of hydrogen-bond acceptors (Lipinski definition) is 6. The Kier molecular flexibility index (Phi) is 7.25. The Morgan fingerprint density at radius 1 is 0.781 bits per heavy atom. The molecule has 0 saturated heterocycles. The second-order valence-corrected chi connectivity index (χ2v) is 9.95. The monoisotopic (exact) mass is 546 g/mol. The summed E-state index contributed by atoms with van der Waals surface area (Å²) < 4.78 is 127. The van der Waals surface area contributed by atoms with E-state index in [2.05, 4.69) is 8.37 Å². The Balaban J connectivity index is 2.30. The molecule has 0 amide bonds. The van der Waals surface area contributed by atoms with E-state index in [0.29, 0.717) is 5.56 Å². The maximum absolute atomic E-state index is 12.4. The molecule has 2 aromatic rings. The van der Waals surface area contributed by atoms with Gasteiger partial charge in [0.2, 0.25) is 0 Å². The van der Waals surface area contributed by atoms with Gasteiger partial charge in [0.25, 0.3) is 0 Å². The molecule has 16 heteroatoms. The van der Waals surface area contributed by atoms with Crippen LogP contribution in [-0.4, -0.2) is 27.9 Å². The summed E-state index contributed by atoms with van der Waals surface area (Å²) in [4.78, 5) is 0. The molecule has 0 fully saturated rings. The molecule has 178 valence electrons. The lowest BCUT2D eigenvalue weighted by Crippen LogP contribution is -2.28. The van der Waals surface area contributed by atoms with Gasteiger partial charge in [-0.15, -0.1) is 0 Å². The Morgan fingerprint density at radius 3 is 1.78 bits per heavy atom. The number of rotatable bonds is 6. The molecule has 0 aliphatic heterocycles. The van der Waals surface area contributed by atoms with Crippen molar-refractivity contribution in [3.05, 3.63) is 57.6 Å². The van der Waals surface area contributed by atoms with Crippen LogP contribution in [0.15, 0.2) is 36.4 Å². The van der Waals surface area contributed by atoms with Crippen LogP contribution in [0.3, 0.4) is 0 Å². The predicted octanol–water partition coefficient (Wildman–Crippen LogP) is 5.60. The van der Waals surface area contributed by atoms with E-state index >= 15 is 0 Å². The van der Waals surface area contributed by atoms with Crippen LogP contribution in [0.1, 0.15) is 24.0 Å². The quantitative estimate of drug-likeness (QED) is 0.266. The Morgan fingerprint density at radius 2 is 1.31 bits per heavy atom. The van der Waals surface area contributed by atoms with Crippen molar-refractivity contribution < 1.29 is 51.5 Å². The summed E-state index contributed by atoms with van der Waals surface area (Å²) >= 11 is 11.8. The molecular formula is C16H10Cl2F6O6S2. The molecule has 32 heavy (non-hydrogen) atoms. The molecular weight excluding hydrogens is 537 g/mol. The molecule has 2 aromatic carbocycles. The van der Waals surface area contributed by atoms with Crippen molar-refractivity contribution in [3.63, 3.8) is 0 Å². The van der Waals surface area contributed by atoms with Gasteiger partial charge in [0, 0.05) is 17.0 Å². The van der Waals surface area contributed by atoms with E-state index in [4.69, 9.17) is 23.2 Å². The van der Waals surface area contributed by atoms with E-state index < -0.39 is 53.7 Å². The highest BCUT2D eigenvalue weighted by molar-refractivity contribution is 7.88. The molecule has 0 aliphatic carbocycles. The third-order valence-corrected chi connectivity index (χ3v) is 6.43. The van der Waals surface area contributed by atoms with Crippen molar-refractivity contribution in [2.24, 2.45) is 0 Å². The van der Waals surface area contributed by atoms with Crippen LogP contribution in [0.4, 0.5) is 26.3 Å². The van der Waals surface area contributed by atoms with E-state index in [1.807, 2.05) is 0 Å². The summed E-state index contributed by atoms with van der Waals surface area (Å²) in [7, 11) is -11.9. The molecule has 0 aromatic heterocycles. The number of halogens is 8. The molecule has 0 N–H and O–H groups in total. The Labute approximate surface area is 187 Å². The summed E-state index contributed by atoms with van der Waals surface area (Å²) in [6.07, 6.45) is 0. The predicted molar refractivity (Wildman–Crippen MR) is 102 cm³/mol. The van der Waals surface area contributed by atoms with Crippen LogP contribution in [0, 0.1) is 0 Å². The average Bonchev–Trinajstić information content (AvgIpc) is 2.60. The van der Waals surface area contributed by atoms with E-state index in [0.717, 1.165) is 24.3 Å². The molecule has 0 saturated carbocycles. The highest BCUT2D eigenvalue weighted by atomic mass is 35.5. The third kappa shape index (κ3) is 5.71. The van der Waals surface area contributed by atoms with Gasteiger partial charge in [-0.05, 0) is 29.3 Å². The molecule has 0 spiro atoms. The van der Waals surface area contributed by atoms with Crippen molar-refractivity contribution in [2.45, 2.75) is 23.9 Å². The van der Waals surface area contributed by atoms with E-state index in [-0.39, 0.29) is 10.6 Å². The van der Waals surface area contributed by atoms with Gasteiger partial charge in [-0.25, -0.2) is 0 Å². The summed E-state index contributed by atoms with van der Waals surface area (Å²) in [6, 6.07) is 6.07. The molecule has 1 atom stereocenters. The Bertz CT molecular complexity index is 1230. The third-order valence-electron chi connectivity index (χ3n) is 3.87. The van der Waals surface area contributed by atoms with Crippen molar-refractivity contribution in [3.8, 4) is 11.5 Å². The van der Waals surface area contributed by atoms with Gasteiger partial charge in [0.1, 0.15) is 5.75 Å². The molecule has 0 heterocycles. The lowest BCUT2D eigenvalue weighted by Gasteiger charge is -2.17. The fraction of sp³-hybridized carbons (Fsp3) is 0.250. The van der Waals surface area contributed by atoms with Gasteiger partial charge in [0.15, 0.2) is 5.75 Å². The van der Waals surface area contributed by atoms with Crippen LogP contribution < -0.4 is 8.37 Å². The van der Waals surface area contributed by atoms with Crippen molar-refractivity contribution in [1.82, 2.24) is 0 Å². The summed E-state index contributed by atoms with van der Waals surface area (Å²) in [5.74, 6) is -2.16. The fourth-order valence-electron chi connectivity index (χ4n) is 2.28. The molecule has 6 nitrogen and oxygen atoms in total. The van der Waals surface area contributed by atoms with Gasteiger partial charge < -0.3 is 8.37 Å². The highest BCUT2D eigenvalue weighted by Crippen LogP contribution is 2.38. The molecule has 2 rings (SSSR count). The van der Waals surface area contributed by atoms with Crippen molar-refractivity contribution >= 4 is 43.4 Å². The minimum Gasteiger partial charge on any atom is -0.376 e. The SMILES string of the molecule is CC(c1ccc(OS(=O)(=O)C(F)(F)F)c(Cl)c1)c1ccc(OS(=O)(=O)C(F)(F)F)cc1Cl. The van der Waals surface area contributed by atoms with Gasteiger partial charge in [0.05, 0.1) is 5.02 Å². The van der Waals surface area contributed by atoms with Gasteiger partial charge in [-0.3, -0.25) is 0 Å². The first kappa shape index (κ1) is 26.4. The maximum atomic E-state index is 12.4. The topological polar surface area (TPSA) is 86.7 Å². The number of hydrogen-bond donors (Lipinski definition) is 0. The minimum absolute atomic E-state index is 0.191. The minimum atomic E-state index is -5.94. The zero-order valence-corrected chi connectivity index (χ0v) is 18.5. The zero-order chi connectivity index (χ0) is 24.7. The zero-order valence-electron chi connectivity index (χ0n) is 15.3. The number of benzene rings is 2. The highest BCUT2D eigenvalue weighted by Gasteiger charge is 2.49. The van der Waals surface area contributed by atoms with E-state index in [9.17, 15) is 43.2 Å². The maximum Gasteiger partial charge on any atom is 0.534 e. The first-order valence-corrected chi connectivity index (χ1v) is 11.5. The number of alkyl halides is 6. The van der Waals surface area contributed by atoms with Crippen LogP contribution in [0.2, 0.25) is 10.0 Å². The van der Waals surface area contributed by atoms with Crippen molar-refractivity contribution in [2.75, 3.05) is 0 Å². The smallest absolute Gasteiger partial charge is 0.376 e. The molecule has 0 aliphatic rings. The van der Waals surface area contributed by atoms with E-state index in [1.165, 1.54) is 19.1 Å². The van der Waals surface area contributed by atoms with Crippen LogP contribution in [0.25, 0.3) is 0 Å². The van der Waals surface area contributed by atoms with Crippen molar-refractivity contribution in [1.29, 1.82) is 0 Å². The first-order chi connectivity index (χ1) is 14.4. The molecule has 0 bridgehead atoms. The molecule has 0 radical (unpaired) electrons. The van der Waals surface area contributed by atoms with E-state index in [1.54, 1.807) is 0 Å². The van der Waals surface area contributed by atoms with Crippen LogP contribution >= 0.6 is 23.2 Å². The van der Waals surface area contributed by atoms with Gasteiger partial charge in [-0.2, -0.15) is 43.2 Å². The van der Waals surface area contributed by atoms with Crippen LogP contribution in [-0.2, 0) is 20.2 Å². The van der Waals surface area contributed by atoms with Crippen LogP contribution in [0.5, 0.6) is 11.5 Å². The Hall–Kier alpha value is -1.90. The lowest BCUT2D eigenvalue weighted by atomic mass is 9.93. The second kappa shape index (κ2) is 8.80. The first-order valence-electron chi connectivity index (χ1n) is 7.96. The summed E-state index contributed by atoms with van der Waals surface area (Å²) in [6.45, 7) is 1.53. The average molecular weight is 547 g/mol. The fourth-order valence-corrected chi connectivity index (χ4v) is 3.82. The summed E-state index contributed by atoms with van der Waals surface area (Å²) in [5.41, 5.74) is -10.7.